The van der Waals surface area contributed by atoms with Crippen molar-refractivity contribution in [2.45, 2.75) is 13.3 Å². The molecule has 0 aliphatic carbocycles. The van der Waals surface area contributed by atoms with Crippen molar-refractivity contribution in [1.82, 2.24) is 0 Å². The second-order valence-electron chi connectivity index (χ2n) is 3.91. The van der Waals surface area contributed by atoms with Crippen LogP contribution in [0.25, 0.3) is 10.4 Å². The van der Waals surface area contributed by atoms with Crippen LogP contribution in [0.1, 0.15) is 11.1 Å². The number of ether oxygens (including phenoxy) is 1. The van der Waals surface area contributed by atoms with Crippen molar-refractivity contribution in [2.75, 3.05) is 6.61 Å². The van der Waals surface area contributed by atoms with Gasteiger partial charge in [-0.25, -0.2) is 0 Å². The van der Waals surface area contributed by atoms with Gasteiger partial charge in [-0.15, -0.1) is 11.3 Å². The summed E-state index contributed by atoms with van der Waals surface area (Å²) in [6.45, 7) is 2.97. The van der Waals surface area contributed by atoms with Crippen molar-refractivity contribution in [2.24, 2.45) is 0 Å². The first kappa shape index (κ1) is 8.98. The third kappa shape index (κ3) is 1.55. The highest BCUT2D eigenvalue weighted by atomic mass is 32.1. The van der Waals surface area contributed by atoms with Crippen molar-refractivity contribution in [3.8, 4) is 16.2 Å². The highest BCUT2D eigenvalue weighted by Gasteiger charge is 2.12. The Bertz CT molecular complexity index is 499. The second-order valence-corrected chi connectivity index (χ2v) is 4.82. The molecule has 1 aromatic carbocycles. The van der Waals surface area contributed by atoms with E-state index >= 15 is 0 Å². The standard InChI is InChI=1S/C13H12OS/c1-9-6-13(15-8-9)11-2-3-12-10(7-11)4-5-14-12/h2-3,6-8H,4-5H2,1H3. The van der Waals surface area contributed by atoms with Gasteiger partial charge in [0.2, 0.25) is 0 Å². The molecule has 0 N–H and O–H groups in total. The van der Waals surface area contributed by atoms with E-state index in [2.05, 4.69) is 36.6 Å². The lowest BCUT2D eigenvalue weighted by molar-refractivity contribution is 0.357. The van der Waals surface area contributed by atoms with Crippen LogP contribution < -0.4 is 4.74 Å². The molecular weight excluding hydrogens is 204 g/mol. The molecular formula is C13H12OS. The monoisotopic (exact) mass is 216 g/mol. The minimum Gasteiger partial charge on any atom is -0.493 e. The molecule has 1 aliphatic rings. The molecule has 2 heterocycles. The van der Waals surface area contributed by atoms with Gasteiger partial charge in [-0.1, -0.05) is 0 Å². The molecule has 0 spiro atoms. The van der Waals surface area contributed by atoms with Crippen molar-refractivity contribution in [3.05, 3.63) is 40.8 Å². The molecule has 3 rings (SSSR count). The smallest absolute Gasteiger partial charge is 0.122 e. The number of benzene rings is 1. The summed E-state index contributed by atoms with van der Waals surface area (Å²) >= 11 is 1.81. The Morgan fingerprint density at radius 2 is 2.20 bits per heavy atom. The van der Waals surface area contributed by atoms with E-state index in [-0.39, 0.29) is 0 Å². The Morgan fingerprint density at radius 3 is 3.00 bits per heavy atom. The molecule has 0 unspecified atom stereocenters. The van der Waals surface area contributed by atoms with Gasteiger partial charge in [0.05, 0.1) is 6.61 Å². The highest BCUT2D eigenvalue weighted by Crippen LogP contribution is 2.33. The average molecular weight is 216 g/mol. The topological polar surface area (TPSA) is 9.23 Å². The van der Waals surface area contributed by atoms with Gasteiger partial charge in [0.1, 0.15) is 5.75 Å². The maximum atomic E-state index is 5.50. The van der Waals surface area contributed by atoms with Crippen LogP contribution in [0.4, 0.5) is 0 Å². The number of fused-ring (bicyclic) bond motifs is 1. The van der Waals surface area contributed by atoms with Gasteiger partial charge in [0, 0.05) is 11.3 Å². The largest absolute Gasteiger partial charge is 0.493 e. The zero-order valence-electron chi connectivity index (χ0n) is 8.62. The maximum absolute atomic E-state index is 5.50. The molecule has 1 aliphatic heterocycles. The third-order valence-corrected chi connectivity index (χ3v) is 3.80. The molecule has 0 bridgehead atoms. The van der Waals surface area contributed by atoms with Crippen LogP contribution in [-0.2, 0) is 6.42 Å². The van der Waals surface area contributed by atoms with Crippen molar-refractivity contribution in [1.29, 1.82) is 0 Å². The van der Waals surface area contributed by atoms with Crippen LogP contribution in [0.5, 0.6) is 5.75 Å². The normalized spacial score (nSPS) is 13.7. The van der Waals surface area contributed by atoms with Crippen LogP contribution in [0.2, 0.25) is 0 Å². The first-order chi connectivity index (χ1) is 7.33. The number of hydrogen-bond donors (Lipinski definition) is 0. The number of hydrogen-bond acceptors (Lipinski definition) is 2. The second kappa shape index (κ2) is 3.38. The molecule has 0 amide bonds. The fourth-order valence-electron chi connectivity index (χ4n) is 1.92. The third-order valence-electron chi connectivity index (χ3n) is 2.70. The van der Waals surface area contributed by atoms with E-state index in [1.54, 1.807) is 0 Å². The van der Waals surface area contributed by atoms with Crippen LogP contribution in [0.15, 0.2) is 29.6 Å². The van der Waals surface area contributed by atoms with Crippen LogP contribution >= 0.6 is 11.3 Å². The first-order valence-corrected chi connectivity index (χ1v) is 6.02. The summed E-state index contributed by atoms with van der Waals surface area (Å²) in [5.74, 6) is 1.06. The van der Waals surface area contributed by atoms with E-state index in [0.717, 1.165) is 18.8 Å². The van der Waals surface area contributed by atoms with Crippen LogP contribution in [-0.4, -0.2) is 6.61 Å². The summed E-state index contributed by atoms with van der Waals surface area (Å²) in [5, 5.41) is 2.19. The number of thiophene rings is 1. The van der Waals surface area contributed by atoms with Gasteiger partial charge in [-0.3, -0.25) is 0 Å². The van der Waals surface area contributed by atoms with Gasteiger partial charge in [-0.2, -0.15) is 0 Å². The molecule has 15 heavy (non-hydrogen) atoms. The van der Waals surface area contributed by atoms with Gasteiger partial charge < -0.3 is 4.74 Å². The minimum absolute atomic E-state index is 0.836. The molecule has 2 aromatic rings. The Kier molecular flexibility index (Phi) is 2.03. The number of aryl methyl sites for hydroxylation is 1. The van der Waals surface area contributed by atoms with Crippen LogP contribution in [0, 0.1) is 6.92 Å². The summed E-state index contributed by atoms with van der Waals surface area (Å²) in [6, 6.07) is 8.73. The fourth-order valence-corrected chi connectivity index (χ4v) is 2.82. The SMILES string of the molecule is Cc1csc(-c2ccc3c(c2)CCO3)c1. The Balaban J connectivity index is 2.06. The molecule has 1 nitrogen and oxygen atoms in total. The summed E-state index contributed by atoms with van der Waals surface area (Å²) in [6.07, 6.45) is 1.05. The minimum atomic E-state index is 0.836. The van der Waals surface area contributed by atoms with Gasteiger partial charge >= 0.3 is 0 Å². The molecule has 0 saturated carbocycles. The van der Waals surface area contributed by atoms with E-state index in [1.165, 1.54) is 21.6 Å². The highest BCUT2D eigenvalue weighted by molar-refractivity contribution is 7.13. The lowest BCUT2D eigenvalue weighted by atomic mass is 10.1. The summed E-state index contributed by atoms with van der Waals surface area (Å²) < 4.78 is 5.50. The van der Waals surface area contributed by atoms with E-state index in [4.69, 9.17) is 4.74 Å². The van der Waals surface area contributed by atoms with Gasteiger partial charge in [0.25, 0.3) is 0 Å². The molecule has 0 atom stereocenters. The first-order valence-electron chi connectivity index (χ1n) is 5.14. The van der Waals surface area contributed by atoms with E-state index in [0.29, 0.717) is 0 Å². The summed E-state index contributed by atoms with van der Waals surface area (Å²) in [7, 11) is 0. The lowest BCUT2D eigenvalue weighted by Crippen LogP contribution is -1.85. The maximum Gasteiger partial charge on any atom is 0.122 e. The van der Waals surface area contributed by atoms with Gasteiger partial charge in [0.15, 0.2) is 0 Å². The van der Waals surface area contributed by atoms with E-state index in [9.17, 15) is 0 Å². The average Bonchev–Trinajstić information content (AvgIpc) is 2.84. The number of rotatable bonds is 1. The molecule has 0 saturated heterocycles. The quantitative estimate of drug-likeness (QED) is 0.707. The Morgan fingerprint density at radius 1 is 1.27 bits per heavy atom. The predicted octanol–water partition coefficient (Wildman–Crippen LogP) is 3.66. The van der Waals surface area contributed by atoms with Crippen LogP contribution in [0.3, 0.4) is 0 Å². The predicted molar refractivity (Wildman–Crippen MR) is 63.7 cm³/mol. The van der Waals surface area contributed by atoms with E-state index < -0.39 is 0 Å². The molecule has 2 heteroatoms. The Labute approximate surface area is 93.3 Å². The van der Waals surface area contributed by atoms with Crippen molar-refractivity contribution in [3.63, 3.8) is 0 Å². The Hall–Kier alpha value is -1.28. The van der Waals surface area contributed by atoms with Gasteiger partial charge in [-0.05, 0) is 53.3 Å². The van der Waals surface area contributed by atoms with Crippen molar-refractivity contribution < 1.29 is 4.74 Å². The molecule has 1 aromatic heterocycles. The zero-order chi connectivity index (χ0) is 10.3. The summed E-state index contributed by atoms with van der Waals surface area (Å²) in [4.78, 5) is 1.35. The zero-order valence-corrected chi connectivity index (χ0v) is 9.43. The van der Waals surface area contributed by atoms with E-state index in [1.807, 2.05) is 11.3 Å². The summed E-state index contributed by atoms with van der Waals surface area (Å²) in [5.41, 5.74) is 4.00. The van der Waals surface area contributed by atoms with Crippen molar-refractivity contribution >= 4 is 11.3 Å². The molecule has 0 radical (unpaired) electrons. The fraction of sp³-hybridized carbons (Fsp3) is 0.231. The molecule has 0 fully saturated rings. The molecule has 76 valence electrons. The lowest BCUT2D eigenvalue weighted by Gasteiger charge is -2.01.